The predicted octanol–water partition coefficient (Wildman–Crippen LogP) is 1.80. The molecule has 0 saturated heterocycles. The summed E-state index contributed by atoms with van der Waals surface area (Å²) in [5, 5.41) is 11.2. The van der Waals surface area contributed by atoms with Crippen molar-refractivity contribution in [2.75, 3.05) is 0 Å². The summed E-state index contributed by atoms with van der Waals surface area (Å²) < 4.78 is 3.60. The zero-order valence-corrected chi connectivity index (χ0v) is 13.4. The summed E-state index contributed by atoms with van der Waals surface area (Å²) in [4.78, 5) is 20.8. The van der Waals surface area contributed by atoms with Crippen LogP contribution in [0.4, 0.5) is 0 Å². The lowest BCUT2D eigenvalue weighted by molar-refractivity contribution is 0.0938. The number of hydrogen-bond donors (Lipinski definition) is 1. The van der Waals surface area contributed by atoms with Crippen LogP contribution in [-0.2, 0) is 0 Å². The van der Waals surface area contributed by atoms with Crippen LogP contribution < -0.4 is 5.32 Å². The molecule has 25 heavy (non-hydrogen) atoms. The Balaban J connectivity index is 1.57. The topological polar surface area (TPSA) is 90.0 Å². The Morgan fingerprint density at radius 1 is 1.16 bits per heavy atom. The molecule has 0 saturated carbocycles. The van der Waals surface area contributed by atoms with Gasteiger partial charge in [-0.1, -0.05) is 6.07 Å². The summed E-state index contributed by atoms with van der Waals surface area (Å²) in [7, 11) is 0. The van der Waals surface area contributed by atoms with Crippen molar-refractivity contribution >= 4 is 11.6 Å². The molecule has 1 N–H and O–H groups in total. The summed E-state index contributed by atoms with van der Waals surface area (Å²) in [6.07, 6.45) is 8.54. The van der Waals surface area contributed by atoms with Crippen molar-refractivity contribution in [1.82, 2.24) is 34.4 Å². The van der Waals surface area contributed by atoms with E-state index in [0.29, 0.717) is 17.2 Å². The van der Waals surface area contributed by atoms with Gasteiger partial charge in [-0.15, -0.1) is 10.2 Å². The zero-order valence-electron chi connectivity index (χ0n) is 13.4. The first kappa shape index (κ1) is 15.0. The largest absolute Gasteiger partial charge is 0.342 e. The molecule has 0 bridgehead atoms. The van der Waals surface area contributed by atoms with Crippen molar-refractivity contribution in [3.8, 4) is 5.82 Å². The molecule has 1 unspecified atom stereocenters. The molecular formula is C17H15N7O. The second-order valence-corrected chi connectivity index (χ2v) is 5.55. The Bertz CT molecular complexity index is 1020. The Morgan fingerprint density at radius 3 is 2.92 bits per heavy atom. The average Bonchev–Trinajstić information content (AvgIpc) is 3.31. The minimum Gasteiger partial charge on any atom is -0.342 e. The molecule has 0 aliphatic heterocycles. The second kappa shape index (κ2) is 6.16. The van der Waals surface area contributed by atoms with Gasteiger partial charge >= 0.3 is 0 Å². The third kappa shape index (κ3) is 2.85. The fourth-order valence-electron chi connectivity index (χ4n) is 2.60. The molecule has 0 spiro atoms. The SMILES string of the molecule is CC(NC(=O)c1ccnc(-n2ccnc2)c1)c1nnc2ccccn12. The maximum atomic E-state index is 12.6. The molecule has 4 aromatic rings. The number of amides is 1. The van der Waals surface area contributed by atoms with Gasteiger partial charge in [0.1, 0.15) is 12.1 Å². The Morgan fingerprint density at radius 2 is 2.08 bits per heavy atom. The Kier molecular flexibility index (Phi) is 3.70. The number of nitrogens with zero attached hydrogens (tertiary/aromatic N) is 6. The van der Waals surface area contributed by atoms with Crippen LogP contribution in [0.2, 0.25) is 0 Å². The molecule has 0 aromatic carbocycles. The Hall–Kier alpha value is -3.55. The van der Waals surface area contributed by atoms with Gasteiger partial charge in [-0.25, -0.2) is 9.97 Å². The predicted molar refractivity (Wildman–Crippen MR) is 90.2 cm³/mol. The van der Waals surface area contributed by atoms with E-state index in [-0.39, 0.29) is 11.9 Å². The maximum Gasteiger partial charge on any atom is 0.252 e. The molecule has 124 valence electrons. The van der Waals surface area contributed by atoms with Gasteiger partial charge in [0.05, 0.1) is 6.04 Å². The van der Waals surface area contributed by atoms with Gasteiger partial charge in [0, 0.05) is 30.4 Å². The molecule has 0 aliphatic carbocycles. The van der Waals surface area contributed by atoms with E-state index in [1.165, 1.54) is 0 Å². The fraction of sp³-hybridized carbons (Fsp3) is 0.118. The van der Waals surface area contributed by atoms with E-state index in [4.69, 9.17) is 0 Å². The highest BCUT2D eigenvalue weighted by Crippen LogP contribution is 2.13. The number of carbonyl (C=O) groups excluding carboxylic acids is 1. The number of carbonyl (C=O) groups is 1. The van der Waals surface area contributed by atoms with E-state index in [2.05, 4.69) is 25.5 Å². The number of pyridine rings is 2. The van der Waals surface area contributed by atoms with E-state index in [9.17, 15) is 4.79 Å². The van der Waals surface area contributed by atoms with E-state index < -0.39 is 0 Å². The molecule has 0 radical (unpaired) electrons. The van der Waals surface area contributed by atoms with Crippen LogP contribution in [0.3, 0.4) is 0 Å². The van der Waals surface area contributed by atoms with Crippen molar-refractivity contribution in [1.29, 1.82) is 0 Å². The molecule has 8 heteroatoms. The van der Waals surface area contributed by atoms with Crippen molar-refractivity contribution in [2.24, 2.45) is 0 Å². The summed E-state index contributed by atoms with van der Waals surface area (Å²) in [6, 6.07) is 8.75. The lowest BCUT2D eigenvalue weighted by Gasteiger charge is -2.13. The molecule has 1 amide bonds. The minimum atomic E-state index is -0.297. The molecule has 8 nitrogen and oxygen atoms in total. The number of nitrogens with one attached hydrogen (secondary N) is 1. The second-order valence-electron chi connectivity index (χ2n) is 5.55. The molecule has 4 heterocycles. The van der Waals surface area contributed by atoms with E-state index in [1.807, 2.05) is 35.7 Å². The van der Waals surface area contributed by atoms with Gasteiger partial charge in [0.25, 0.3) is 5.91 Å². The zero-order chi connectivity index (χ0) is 17.2. The van der Waals surface area contributed by atoms with Crippen LogP contribution in [0, 0.1) is 0 Å². The quantitative estimate of drug-likeness (QED) is 0.615. The minimum absolute atomic E-state index is 0.205. The van der Waals surface area contributed by atoms with Gasteiger partial charge in [-0.2, -0.15) is 0 Å². The van der Waals surface area contributed by atoms with E-state index >= 15 is 0 Å². The summed E-state index contributed by atoms with van der Waals surface area (Å²) in [5.41, 5.74) is 1.25. The van der Waals surface area contributed by atoms with E-state index in [0.717, 1.165) is 5.65 Å². The highest BCUT2D eigenvalue weighted by atomic mass is 16.1. The molecular weight excluding hydrogens is 318 g/mol. The molecule has 4 rings (SSSR count). The van der Waals surface area contributed by atoms with Crippen LogP contribution in [0.25, 0.3) is 11.5 Å². The first-order valence-electron chi connectivity index (χ1n) is 7.77. The molecule has 1 atom stereocenters. The van der Waals surface area contributed by atoms with E-state index in [1.54, 1.807) is 41.6 Å². The van der Waals surface area contributed by atoms with Gasteiger partial charge in [0.15, 0.2) is 11.5 Å². The van der Waals surface area contributed by atoms with Gasteiger partial charge in [-0.3, -0.25) is 13.8 Å². The summed E-state index contributed by atoms with van der Waals surface area (Å²) in [5.74, 6) is 1.10. The lowest BCUT2D eigenvalue weighted by Crippen LogP contribution is -2.28. The van der Waals surface area contributed by atoms with Crippen molar-refractivity contribution in [3.63, 3.8) is 0 Å². The van der Waals surface area contributed by atoms with Crippen LogP contribution in [0.5, 0.6) is 0 Å². The lowest BCUT2D eigenvalue weighted by atomic mass is 10.2. The van der Waals surface area contributed by atoms with Crippen molar-refractivity contribution in [2.45, 2.75) is 13.0 Å². The van der Waals surface area contributed by atoms with Gasteiger partial charge in [0.2, 0.25) is 0 Å². The first-order valence-corrected chi connectivity index (χ1v) is 7.77. The Labute approximate surface area is 143 Å². The van der Waals surface area contributed by atoms with Gasteiger partial charge in [-0.05, 0) is 31.2 Å². The van der Waals surface area contributed by atoms with Crippen LogP contribution in [-0.4, -0.2) is 35.0 Å². The van der Waals surface area contributed by atoms with Crippen LogP contribution in [0.1, 0.15) is 29.1 Å². The highest BCUT2D eigenvalue weighted by Gasteiger charge is 2.17. The van der Waals surface area contributed by atoms with Gasteiger partial charge < -0.3 is 5.32 Å². The maximum absolute atomic E-state index is 12.6. The number of rotatable bonds is 4. The van der Waals surface area contributed by atoms with Crippen molar-refractivity contribution < 1.29 is 4.79 Å². The fourth-order valence-corrected chi connectivity index (χ4v) is 2.60. The molecule has 0 aliphatic rings. The number of imidazole rings is 1. The van der Waals surface area contributed by atoms with Crippen LogP contribution in [0.15, 0.2) is 61.4 Å². The highest BCUT2D eigenvalue weighted by molar-refractivity contribution is 5.94. The number of aromatic nitrogens is 6. The van der Waals surface area contributed by atoms with Crippen molar-refractivity contribution in [3.05, 3.63) is 72.8 Å². The summed E-state index contributed by atoms with van der Waals surface area (Å²) >= 11 is 0. The van der Waals surface area contributed by atoms with Crippen LogP contribution >= 0.6 is 0 Å². The number of hydrogen-bond acceptors (Lipinski definition) is 5. The first-order chi connectivity index (χ1) is 12.2. The normalized spacial score (nSPS) is 12.2. The summed E-state index contributed by atoms with van der Waals surface area (Å²) in [6.45, 7) is 1.87. The average molecular weight is 333 g/mol. The third-order valence-corrected chi connectivity index (χ3v) is 3.85. The third-order valence-electron chi connectivity index (χ3n) is 3.85. The monoisotopic (exact) mass is 333 g/mol. The number of fused-ring (bicyclic) bond motifs is 1. The standard InChI is InChI=1S/C17H15N7O/c1-12(16-22-21-14-4-2-3-8-24(14)16)20-17(25)13-5-6-19-15(10-13)23-9-7-18-11-23/h2-12H,1H3,(H,20,25). The molecule has 4 aromatic heterocycles. The molecule has 0 fully saturated rings. The smallest absolute Gasteiger partial charge is 0.252 e.